The number of piperidine rings is 1. The van der Waals surface area contributed by atoms with Crippen molar-refractivity contribution in [3.63, 3.8) is 0 Å². The molecule has 0 saturated carbocycles. The Morgan fingerprint density at radius 2 is 1.95 bits per heavy atom. The maximum absolute atomic E-state index is 12.9. The number of nitrogens with zero attached hydrogens (tertiary/aromatic N) is 3. The summed E-state index contributed by atoms with van der Waals surface area (Å²) in [5, 5.41) is 14.3. The second-order valence-electron chi connectivity index (χ2n) is 9.85. The maximum Gasteiger partial charge on any atom is 0.407 e. The third-order valence-electron chi connectivity index (χ3n) is 7.06. The van der Waals surface area contributed by atoms with Crippen LogP contribution in [0.5, 0.6) is 0 Å². The molecule has 5 rings (SSSR count). The number of hydrogen-bond acceptors (Lipinski definition) is 6. The summed E-state index contributed by atoms with van der Waals surface area (Å²) in [6, 6.07) is 15.6. The standard InChI is InChI=1S/C29H35N7O3/c1-2-3-17-39-29(38)32-22-11-14-36(15-12-22)16-13-30-28(37)21-9-10-24-23(18-21)26(35-34-24)27-31-19-25(33-27)20-7-5-4-6-8-20/h4-10,18-19,22H,2-3,11-17H2,1H3,(H,30,37)(H,31,33)(H,32,38)(H,34,35). The zero-order valence-corrected chi connectivity index (χ0v) is 22.2. The summed E-state index contributed by atoms with van der Waals surface area (Å²) in [7, 11) is 0. The van der Waals surface area contributed by atoms with Gasteiger partial charge in [-0.05, 0) is 43.0 Å². The van der Waals surface area contributed by atoms with Crippen molar-refractivity contribution in [2.45, 2.75) is 38.6 Å². The van der Waals surface area contributed by atoms with Crippen molar-refractivity contribution < 1.29 is 14.3 Å². The van der Waals surface area contributed by atoms with Gasteiger partial charge in [0.05, 0.1) is 24.0 Å². The lowest BCUT2D eigenvalue weighted by molar-refractivity contribution is 0.0943. The molecule has 0 radical (unpaired) electrons. The van der Waals surface area contributed by atoms with E-state index in [4.69, 9.17) is 4.74 Å². The summed E-state index contributed by atoms with van der Waals surface area (Å²) in [5.74, 6) is 0.518. The van der Waals surface area contributed by atoms with Gasteiger partial charge < -0.3 is 25.3 Å². The van der Waals surface area contributed by atoms with Crippen LogP contribution in [-0.2, 0) is 4.74 Å². The number of nitrogens with one attached hydrogen (secondary N) is 4. The number of aromatic amines is 2. The minimum absolute atomic E-state index is 0.125. The summed E-state index contributed by atoms with van der Waals surface area (Å²) < 4.78 is 5.20. The topological polar surface area (TPSA) is 128 Å². The summed E-state index contributed by atoms with van der Waals surface area (Å²) in [6.45, 7) is 5.57. The van der Waals surface area contributed by atoms with Crippen molar-refractivity contribution in [3.8, 4) is 22.8 Å². The number of aromatic nitrogens is 4. The number of carbonyl (C=O) groups is 2. The number of unbranched alkanes of at least 4 members (excludes halogenated alkanes) is 1. The minimum atomic E-state index is -0.324. The van der Waals surface area contributed by atoms with Gasteiger partial charge in [0.2, 0.25) is 0 Å². The van der Waals surface area contributed by atoms with Crippen molar-refractivity contribution in [1.82, 2.24) is 35.7 Å². The molecule has 2 aromatic heterocycles. The van der Waals surface area contributed by atoms with E-state index in [1.165, 1.54) is 0 Å². The molecule has 3 heterocycles. The number of likely N-dealkylation sites (tertiary alicyclic amines) is 1. The van der Waals surface area contributed by atoms with Crippen LogP contribution in [0.25, 0.3) is 33.7 Å². The maximum atomic E-state index is 12.9. The molecule has 0 aliphatic carbocycles. The predicted molar refractivity (Wildman–Crippen MR) is 150 cm³/mol. The van der Waals surface area contributed by atoms with Crippen LogP contribution in [0.15, 0.2) is 54.7 Å². The van der Waals surface area contributed by atoms with Crippen LogP contribution in [0.1, 0.15) is 43.0 Å². The Bertz CT molecular complexity index is 1390. The van der Waals surface area contributed by atoms with Crippen molar-refractivity contribution in [2.24, 2.45) is 0 Å². The number of ether oxygens (including phenoxy) is 1. The number of carbonyl (C=O) groups excluding carboxylic acids is 2. The Morgan fingerprint density at radius 3 is 2.74 bits per heavy atom. The van der Waals surface area contributed by atoms with Gasteiger partial charge >= 0.3 is 6.09 Å². The Kier molecular flexibility index (Phi) is 8.52. The molecule has 204 valence electrons. The molecule has 39 heavy (non-hydrogen) atoms. The largest absolute Gasteiger partial charge is 0.450 e. The molecule has 0 spiro atoms. The first-order valence-electron chi connectivity index (χ1n) is 13.6. The predicted octanol–water partition coefficient (Wildman–Crippen LogP) is 4.34. The molecule has 4 N–H and O–H groups in total. The molecule has 2 amide bonds. The molecule has 0 unspecified atom stereocenters. The van der Waals surface area contributed by atoms with E-state index in [1.54, 1.807) is 12.3 Å². The number of benzene rings is 2. The fraction of sp³-hybridized carbons (Fsp3) is 0.379. The average Bonchev–Trinajstić information content (AvgIpc) is 3.62. The number of H-pyrrole nitrogens is 2. The van der Waals surface area contributed by atoms with Crippen molar-refractivity contribution in [1.29, 1.82) is 0 Å². The van der Waals surface area contributed by atoms with Gasteiger partial charge in [-0.15, -0.1) is 0 Å². The zero-order valence-electron chi connectivity index (χ0n) is 22.2. The van der Waals surface area contributed by atoms with Gasteiger partial charge in [0.15, 0.2) is 5.82 Å². The van der Waals surface area contributed by atoms with Crippen LogP contribution >= 0.6 is 0 Å². The highest BCUT2D eigenvalue weighted by atomic mass is 16.5. The molecular formula is C29H35N7O3. The number of alkyl carbamates (subject to hydrolysis) is 1. The fourth-order valence-electron chi connectivity index (χ4n) is 4.79. The number of amides is 2. The smallest absolute Gasteiger partial charge is 0.407 e. The third kappa shape index (κ3) is 6.64. The molecule has 4 aromatic rings. The summed E-state index contributed by atoms with van der Waals surface area (Å²) in [4.78, 5) is 35.0. The Balaban J connectivity index is 1.12. The van der Waals surface area contributed by atoms with E-state index < -0.39 is 0 Å². The van der Waals surface area contributed by atoms with Gasteiger partial charge in [-0.2, -0.15) is 5.10 Å². The molecular weight excluding hydrogens is 494 g/mol. The summed E-state index contributed by atoms with van der Waals surface area (Å²) in [5.41, 5.74) is 4.03. The van der Waals surface area contributed by atoms with Crippen LogP contribution in [0.4, 0.5) is 4.79 Å². The van der Waals surface area contributed by atoms with E-state index in [1.807, 2.05) is 42.5 Å². The third-order valence-corrected chi connectivity index (χ3v) is 7.06. The highest BCUT2D eigenvalue weighted by Crippen LogP contribution is 2.27. The van der Waals surface area contributed by atoms with Crippen LogP contribution < -0.4 is 10.6 Å². The van der Waals surface area contributed by atoms with E-state index in [0.717, 1.165) is 67.5 Å². The van der Waals surface area contributed by atoms with Crippen LogP contribution in [0.2, 0.25) is 0 Å². The van der Waals surface area contributed by atoms with Crippen LogP contribution in [-0.4, -0.2) is 75.9 Å². The Morgan fingerprint density at radius 1 is 1.13 bits per heavy atom. The SMILES string of the molecule is CCCCOC(=O)NC1CCN(CCNC(=O)c2ccc3[nH]nc(-c4ncc(-c5ccccc5)[nH]4)c3c2)CC1. The molecule has 10 heteroatoms. The number of imidazole rings is 1. The van der Waals surface area contributed by atoms with Gasteiger partial charge in [0, 0.05) is 43.2 Å². The first kappa shape index (κ1) is 26.4. The molecule has 0 atom stereocenters. The van der Waals surface area contributed by atoms with Gasteiger partial charge in [0.25, 0.3) is 5.91 Å². The normalized spacial score (nSPS) is 14.4. The monoisotopic (exact) mass is 529 g/mol. The summed E-state index contributed by atoms with van der Waals surface area (Å²) in [6.07, 6.45) is 5.09. The minimum Gasteiger partial charge on any atom is -0.450 e. The van der Waals surface area contributed by atoms with Crippen molar-refractivity contribution >= 4 is 22.9 Å². The number of fused-ring (bicyclic) bond motifs is 1. The van der Waals surface area contributed by atoms with Gasteiger partial charge in [-0.3, -0.25) is 9.89 Å². The second-order valence-corrected chi connectivity index (χ2v) is 9.85. The highest BCUT2D eigenvalue weighted by molar-refractivity contribution is 6.01. The Labute approximate surface area is 227 Å². The van der Waals surface area contributed by atoms with Crippen LogP contribution in [0, 0.1) is 0 Å². The summed E-state index contributed by atoms with van der Waals surface area (Å²) >= 11 is 0. The number of rotatable bonds is 10. The number of hydrogen-bond donors (Lipinski definition) is 4. The van der Waals surface area contributed by atoms with Crippen molar-refractivity contribution in [2.75, 3.05) is 32.8 Å². The molecule has 2 aromatic carbocycles. The lowest BCUT2D eigenvalue weighted by Gasteiger charge is -2.32. The average molecular weight is 530 g/mol. The highest BCUT2D eigenvalue weighted by Gasteiger charge is 2.21. The fourth-order valence-corrected chi connectivity index (χ4v) is 4.79. The van der Waals surface area contributed by atoms with Gasteiger partial charge in [0.1, 0.15) is 5.69 Å². The van der Waals surface area contributed by atoms with E-state index in [2.05, 4.69) is 42.6 Å². The van der Waals surface area contributed by atoms with Crippen LogP contribution in [0.3, 0.4) is 0 Å². The van der Waals surface area contributed by atoms with E-state index in [-0.39, 0.29) is 18.0 Å². The van der Waals surface area contributed by atoms with Crippen molar-refractivity contribution in [3.05, 3.63) is 60.3 Å². The lowest BCUT2D eigenvalue weighted by atomic mass is 10.1. The molecule has 1 saturated heterocycles. The zero-order chi connectivity index (χ0) is 27.0. The first-order valence-corrected chi connectivity index (χ1v) is 13.6. The molecule has 1 aliphatic heterocycles. The molecule has 1 fully saturated rings. The van der Waals surface area contributed by atoms with E-state index in [0.29, 0.717) is 30.2 Å². The van der Waals surface area contributed by atoms with Gasteiger partial charge in [-0.25, -0.2) is 9.78 Å². The van der Waals surface area contributed by atoms with E-state index >= 15 is 0 Å². The Hall–Kier alpha value is -4.18. The molecule has 0 bridgehead atoms. The second kappa shape index (κ2) is 12.6. The first-order chi connectivity index (χ1) is 19.1. The van der Waals surface area contributed by atoms with E-state index in [9.17, 15) is 9.59 Å². The molecule has 1 aliphatic rings. The van der Waals surface area contributed by atoms with Gasteiger partial charge in [-0.1, -0.05) is 43.7 Å². The molecule has 10 nitrogen and oxygen atoms in total. The lowest BCUT2D eigenvalue weighted by Crippen LogP contribution is -2.46. The quantitative estimate of drug-likeness (QED) is 0.226.